The maximum Gasteiger partial charge on any atom is 0.171 e. The highest BCUT2D eigenvalue weighted by Crippen LogP contribution is 2.41. The molecule has 0 atom stereocenters. The standard InChI is InChI=1S/C20H24N2O2S/c1-23-17-11-10-15(14-18(17)24-2)20(12-6-7-13-20)22-19(25)21-16-8-4-3-5-9-16/h3-5,8-11,14H,6-7,12-13H2,1-2H3,(H2,21,22,25). The van der Waals surface area contributed by atoms with Crippen molar-refractivity contribution in [1.82, 2.24) is 5.32 Å². The van der Waals surface area contributed by atoms with Crippen LogP contribution in [-0.4, -0.2) is 19.3 Å². The second kappa shape index (κ2) is 7.74. The Morgan fingerprint density at radius 2 is 1.64 bits per heavy atom. The second-order valence-electron chi connectivity index (χ2n) is 6.30. The molecule has 1 aliphatic rings. The van der Waals surface area contributed by atoms with Crippen LogP contribution in [0.2, 0.25) is 0 Å². The summed E-state index contributed by atoms with van der Waals surface area (Å²) in [5.41, 5.74) is 2.00. The molecule has 0 aliphatic heterocycles. The van der Waals surface area contributed by atoms with Crippen molar-refractivity contribution in [2.24, 2.45) is 0 Å². The van der Waals surface area contributed by atoms with Crippen molar-refractivity contribution in [2.75, 3.05) is 19.5 Å². The normalized spacial score (nSPS) is 15.4. The van der Waals surface area contributed by atoms with E-state index in [1.165, 1.54) is 18.4 Å². The van der Waals surface area contributed by atoms with E-state index in [-0.39, 0.29) is 5.54 Å². The molecule has 0 unspecified atom stereocenters. The molecule has 0 radical (unpaired) electrons. The Morgan fingerprint density at radius 1 is 0.960 bits per heavy atom. The van der Waals surface area contributed by atoms with Crippen molar-refractivity contribution in [3.8, 4) is 11.5 Å². The van der Waals surface area contributed by atoms with Crippen LogP contribution in [0, 0.1) is 0 Å². The highest BCUT2D eigenvalue weighted by Gasteiger charge is 2.36. The molecule has 0 spiro atoms. The molecular formula is C20H24N2O2S. The molecule has 5 heteroatoms. The van der Waals surface area contributed by atoms with E-state index in [2.05, 4.69) is 22.8 Å². The Balaban J connectivity index is 1.83. The van der Waals surface area contributed by atoms with Crippen LogP contribution in [0.3, 0.4) is 0 Å². The van der Waals surface area contributed by atoms with Gasteiger partial charge in [-0.1, -0.05) is 37.1 Å². The fourth-order valence-electron chi connectivity index (χ4n) is 3.50. The molecule has 0 aromatic heterocycles. The number of anilines is 1. The predicted molar refractivity (Wildman–Crippen MR) is 105 cm³/mol. The number of hydrogen-bond donors (Lipinski definition) is 2. The number of methoxy groups -OCH3 is 2. The fraction of sp³-hybridized carbons (Fsp3) is 0.350. The summed E-state index contributed by atoms with van der Waals surface area (Å²) >= 11 is 5.58. The van der Waals surface area contributed by atoms with Crippen LogP contribution in [0.4, 0.5) is 5.69 Å². The van der Waals surface area contributed by atoms with Gasteiger partial charge in [-0.05, 0) is 54.9 Å². The molecule has 2 aromatic carbocycles. The van der Waals surface area contributed by atoms with Crippen molar-refractivity contribution in [3.63, 3.8) is 0 Å². The minimum Gasteiger partial charge on any atom is -0.493 e. The van der Waals surface area contributed by atoms with Crippen molar-refractivity contribution in [1.29, 1.82) is 0 Å². The molecule has 2 aromatic rings. The van der Waals surface area contributed by atoms with Gasteiger partial charge in [0.2, 0.25) is 0 Å². The number of hydrogen-bond acceptors (Lipinski definition) is 3. The number of rotatable bonds is 5. The maximum atomic E-state index is 5.58. The first-order valence-corrected chi connectivity index (χ1v) is 8.94. The highest BCUT2D eigenvalue weighted by atomic mass is 32.1. The van der Waals surface area contributed by atoms with Crippen LogP contribution >= 0.6 is 12.2 Å². The summed E-state index contributed by atoms with van der Waals surface area (Å²) < 4.78 is 10.8. The van der Waals surface area contributed by atoms with Gasteiger partial charge in [0.05, 0.1) is 19.8 Å². The smallest absolute Gasteiger partial charge is 0.171 e. The average molecular weight is 356 g/mol. The van der Waals surface area contributed by atoms with E-state index >= 15 is 0 Å². The zero-order chi connectivity index (χ0) is 17.7. The molecule has 4 nitrogen and oxygen atoms in total. The number of benzene rings is 2. The Morgan fingerprint density at radius 3 is 2.28 bits per heavy atom. The molecule has 0 heterocycles. The van der Waals surface area contributed by atoms with Crippen molar-refractivity contribution in [3.05, 3.63) is 54.1 Å². The Bertz CT molecular complexity index is 728. The number of ether oxygens (including phenoxy) is 2. The van der Waals surface area contributed by atoms with Gasteiger partial charge in [0.15, 0.2) is 16.6 Å². The summed E-state index contributed by atoms with van der Waals surface area (Å²) in [7, 11) is 3.32. The van der Waals surface area contributed by atoms with Gasteiger partial charge < -0.3 is 20.1 Å². The van der Waals surface area contributed by atoms with E-state index in [9.17, 15) is 0 Å². The molecule has 3 rings (SSSR count). The first-order chi connectivity index (χ1) is 12.2. The molecule has 0 saturated heterocycles. The number of thiocarbonyl (C=S) groups is 1. The van der Waals surface area contributed by atoms with E-state index in [0.717, 1.165) is 30.0 Å². The lowest BCUT2D eigenvalue weighted by atomic mass is 9.88. The van der Waals surface area contributed by atoms with Crippen molar-refractivity contribution in [2.45, 2.75) is 31.2 Å². The van der Waals surface area contributed by atoms with E-state index in [1.54, 1.807) is 14.2 Å². The summed E-state index contributed by atoms with van der Waals surface area (Å²) in [5.74, 6) is 1.49. The van der Waals surface area contributed by atoms with Gasteiger partial charge in [-0.3, -0.25) is 0 Å². The van der Waals surface area contributed by atoms with E-state index in [1.807, 2.05) is 36.4 Å². The van der Waals surface area contributed by atoms with Crippen LogP contribution in [-0.2, 0) is 5.54 Å². The van der Waals surface area contributed by atoms with Crippen molar-refractivity contribution >= 4 is 23.0 Å². The van der Waals surface area contributed by atoms with Crippen LogP contribution in [0.1, 0.15) is 31.2 Å². The van der Waals surface area contributed by atoms with Gasteiger partial charge in [-0.25, -0.2) is 0 Å². The summed E-state index contributed by atoms with van der Waals surface area (Å²) in [6.07, 6.45) is 4.43. The predicted octanol–water partition coefficient (Wildman–Crippen LogP) is 4.46. The second-order valence-corrected chi connectivity index (χ2v) is 6.71. The first kappa shape index (κ1) is 17.5. The minimum atomic E-state index is -0.168. The van der Waals surface area contributed by atoms with Gasteiger partial charge in [0, 0.05) is 5.69 Å². The number of nitrogens with one attached hydrogen (secondary N) is 2. The van der Waals surface area contributed by atoms with Gasteiger partial charge >= 0.3 is 0 Å². The third-order valence-corrected chi connectivity index (χ3v) is 4.98. The van der Waals surface area contributed by atoms with Crippen molar-refractivity contribution < 1.29 is 9.47 Å². The molecule has 0 amide bonds. The van der Waals surface area contributed by atoms with Gasteiger partial charge in [0.1, 0.15) is 0 Å². The molecule has 1 saturated carbocycles. The third-order valence-electron chi connectivity index (χ3n) is 4.78. The SMILES string of the molecule is COc1ccc(C2(NC(=S)Nc3ccccc3)CCCC2)cc1OC. The monoisotopic (exact) mass is 356 g/mol. The van der Waals surface area contributed by atoms with Crippen LogP contribution < -0.4 is 20.1 Å². The van der Waals surface area contributed by atoms with Gasteiger partial charge in [-0.15, -0.1) is 0 Å². The van der Waals surface area contributed by atoms with Crippen LogP contribution in [0.15, 0.2) is 48.5 Å². The topological polar surface area (TPSA) is 42.5 Å². The Hall–Kier alpha value is -2.27. The zero-order valence-corrected chi connectivity index (χ0v) is 15.5. The average Bonchev–Trinajstić information content (AvgIpc) is 3.11. The fourth-order valence-corrected chi connectivity index (χ4v) is 3.81. The zero-order valence-electron chi connectivity index (χ0n) is 14.7. The lowest BCUT2D eigenvalue weighted by Gasteiger charge is -2.33. The lowest BCUT2D eigenvalue weighted by Crippen LogP contribution is -2.45. The largest absolute Gasteiger partial charge is 0.493 e. The van der Waals surface area contributed by atoms with Crippen LogP contribution in [0.5, 0.6) is 11.5 Å². The molecular weight excluding hydrogens is 332 g/mol. The molecule has 132 valence electrons. The summed E-state index contributed by atoms with van der Waals surface area (Å²) in [5, 5.41) is 7.49. The summed E-state index contributed by atoms with van der Waals surface area (Å²) in [6, 6.07) is 16.1. The highest BCUT2D eigenvalue weighted by molar-refractivity contribution is 7.80. The Labute approximate surface area is 154 Å². The molecule has 25 heavy (non-hydrogen) atoms. The maximum absolute atomic E-state index is 5.58. The van der Waals surface area contributed by atoms with Gasteiger partial charge in [-0.2, -0.15) is 0 Å². The molecule has 0 bridgehead atoms. The van der Waals surface area contributed by atoms with Gasteiger partial charge in [0.25, 0.3) is 0 Å². The molecule has 1 fully saturated rings. The molecule has 1 aliphatic carbocycles. The first-order valence-electron chi connectivity index (χ1n) is 8.53. The molecule has 2 N–H and O–H groups in total. The summed E-state index contributed by atoms with van der Waals surface area (Å²) in [6.45, 7) is 0. The van der Waals surface area contributed by atoms with E-state index < -0.39 is 0 Å². The minimum absolute atomic E-state index is 0.168. The van der Waals surface area contributed by atoms with Crippen LogP contribution in [0.25, 0.3) is 0 Å². The van der Waals surface area contributed by atoms with E-state index in [0.29, 0.717) is 5.11 Å². The Kier molecular flexibility index (Phi) is 5.43. The van der Waals surface area contributed by atoms with E-state index in [4.69, 9.17) is 21.7 Å². The lowest BCUT2D eigenvalue weighted by molar-refractivity contribution is 0.350. The third kappa shape index (κ3) is 3.87. The summed E-state index contributed by atoms with van der Waals surface area (Å²) in [4.78, 5) is 0. The quantitative estimate of drug-likeness (QED) is 0.774. The number of para-hydroxylation sites is 1.